The van der Waals surface area contributed by atoms with Crippen molar-refractivity contribution in [2.75, 3.05) is 0 Å². The van der Waals surface area contributed by atoms with E-state index in [0.29, 0.717) is 33.4 Å². The van der Waals surface area contributed by atoms with E-state index >= 15 is 0 Å². The Balaban J connectivity index is 1.45. The fourth-order valence-corrected chi connectivity index (χ4v) is 4.39. The van der Waals surface area contributed by atoms with E-state index < -0.39 is 35.7 Å². The van der Waals surface area contributed by atoms with Crippen LogP contribution in [-0.2, 0) is 0 Å². The van der Waals surface area contributed by atoms with Gasteiger partial charge in [-0.2, -0.15) is 0 Å². The zero-order chi connectivity index (χ0) is 24.0. The molecule has 3 aromatic carbocycles. The molecule has 0 N–H and O–H groups in total. The number of amides is 4. The molecule has 0 aromatic heterocycles. The number of hydrogen-bond donors (Lipinski definition) is 0. The quantitative estimate of drug-likeness (QED) is 0.455. The first-order valence-electron chi connectivity index (χ1n) is 10.4. The zero-order valence-corrected chi connectivity index (χ0v) is 17.8. The van der Waals surface area contributed by atoms with Crippen LogP contribution in [0, 0.1) is 24.7 Å². The van der Waals surface area contributed by atoms with Crippen molar-refractivity contribution in [2.45, 2.75) is 12.1 Å². The van der Waals surface area contributed by atoms with Crippen molar-refractivity contribution >= 4 is 23.6 Å². The second-order valence-electron chi connectivity index (χ2n) is 7.86. The Morgan fingerprint density at radius 3 is 1.00 bits per heavy atom. The fourth-order valence-electron chi connectivity index (χ4n) is 4.39. The molecule has 2 atom stereocenters. The summed E-state index contributed by atoms with van der Waals surface area (Å²) >= 11 is 0. The van der Waals surface area contributed by atoms with Gasteiger partial charge in [0.15, 0.2) is 0 Å². The van der Waals surface area contributed by atoms with Gasteiger partial charge >= 0.3 is 0 Å². The van der Waals surface area contributed by atoms with Crippen LogP contribution < -0.4 is 0 Å². The summed E-state index contributed by atoms with van der Waals surface area (Å²) in [5, 5.41) is 0. The Bertz CT molecular complexity index is 1290. The number of nitrogens with zero attached hydrogens (tertiary/aromatic N) is 2. The number of rotatable bonds is 4. The van der Waals surface area contributed by atoms with Gasteiger partial charge in [0.2, 0.25) is 0 Å². The van der Waals surface area contributed by atoms with Crippen LogP contribution in [0.2, 0.25) is 0 Å². The van der Waals surface area contributed by atoms with E-state index in [9.17, 15) is 19.2 Å². The maximum Gasteiger partial charge on any atom is 0.262 e. The maximum atomic E-state index is 12.9. The third kappa shape index (κ3) is 2.94. The summed E-state index contributed by atoms with van der Waals surface area (Å²) in [7, 11) is 0. The van der Waals surface area contributed by atoms with Gasteiger partial charge in [0.05, 0.1) is 22.3 Å². The van der Waals surface area contributed by atoms with Crippen LogP contribution in [0.4, 0.5) is 0 Å². The monoisotopic (exact) mass is 444 g/mol. The van der Waals surface area contributed by atoms with Gasteiger partial charge in [0.1, 0.15) is 12.1 Å². The molecule has 5 rings (SSSR count). The van der Waals surface area contributed by atoms with Crippen LogP contribution in [0.5, 0.6) is 0 Å². The van der Waals surface area contributed by atoms with Crippen LogP contribution in [0.1, 0.15) is 64.6 Å². The molecule has 6 nitrogen and oxygen atoms in total. The molecular formula is C28H16N2O4. The fraction of sp³-hybridized carbons (Fsp3) is 0.0714. The topological polar surface area (TPSA) is 74.8 Å². The average Bonchev–Trinajstić information content (AvgIpc) is 3.27. The summed E-state index contributed by atoms with van der Waals surface area (Å²) in [5.41, 5.74) is 2.28. The number of terminal acetylenes is 2. The van der Waals surface area contributed by atoms with E-state index in [1.165, 1.54) is 0 Å². The minimum atomic E-state index is -0.926. The van der Waals surface area contributed by atoms with Gasteiger partial charge in [-0.05, 0) is 35.4 Å². The van der Waals surface area contributed by atoms with E-state index in [2.05, 4.69) is 11.8 Å². The van der Waals surface area contributed by atoms with Gasteiger partial charge in [-0.25, -0.2) is 0 Å². The molecule has 0 spiro atoms. The van der Waals surface area contributed by atoms with Gasteiger partial charge in [-0.15, -0.1) is 12.8 Å². The largest absolute Gasteiger partial charge is 0.269 e. The summed E-state index contributed by atoms with van der Waals surface area (Å²) in [6.07, 6.45) is 11.5. The number of hydrogen-bond acceptors (Lipinski definition) is 4. The van der Waals surface area contributed by atoms with Gasteiger partial charge in [-0.3, -0.25) is 29.0 Å². The highest BCUT2D eigenvalue weighted by Gasteiger charge is 2.41. The minimum absolute atomic E-state index is 0.308. The van der Waals surface area contributed by atoms with Crippen molar-refractivity contribution in [3.05, 3.63) is 106 Å². The Kier molecular flexibility index (Phi) is 4.85. The average molecular weight is 444 g/mol. The number of imide groups is 2. The first kappa shape index (κ1) is 20.9. The third-order valence-electron chi connectivity index (χ3n) is 6.05. The van der Waals surface area contributed by atoms with Gasteiger partial charge < -0.3 is 0 Å². The van der Waals surface area contributed by atoms with Crippen molar-refractivity contribution in [1.29, 1.82) is 0 Å². The van der Waals surface area contributed by atoms with Gasteiger partial charge in [-0.1, -0.05) is 60.4 Å². The Morgan fingerprint density at radius 2 is 0.765 bits per heavy atom. The summed E-state index contributed by atoms with van der Waals surface area (Å²) < 4.78 is 0. The predicted molar refractivity (Wildman–Crippen MR) is 123 cm³/mol. The van der Waals surface area contributed by atoms with Crippen LogP contribution >= 0.6 is 0 Å². The van der Waals surface area contributed by atoms with Crippen molar-refractivity contribution in [3.8, 4) is 24.7 Å². The summed E-state index contributed by atoms with van der Waals surface area (Å²) in [6, 6.07) is 17.8. The highest BCUT2D eigenvalue weighted by molar-refractivity contribution is 6.22. The molecule has 0 saturated heterocycles. The highest BCUT2D eigenvalue weighted by atomic mass is 16.2. The molecule has 2 aliphatic rings. The predicted octanol–water partition coefficient (Wildman–Crippen LogP) is 3.63. The molecule has 0 aliphatic carbocycles. The lowest BCUT2D eigenvalue weighted by Crippen LogP contribution is -2.34. The second-order valence-corrected chi connectivity index (χ2v) is 7.86. The lowest BCUT2D eigenvalue weighted by molar-refractivity contribution is 0.0602. The number of fused-ring (bicyclic) bond motifs is 2. The molecule has 3 aromatic rings. The molecule has 6 heteroatoms. The molecule has 0 radical (unpaired) electrons. The van der Waals surface area contributed by atoms with E-state index in [-0.39, 0.29) is 0 Å². The van der Waals surface area contributed by atoms with Crippen molar-refractivity contribution in [3.63, 3.8) is 0 Å². The summed E-state index contributed by atoms with van der Waals surface area (Å²) in [4.78, 5) is 53.5. The van der Waals surface area contributed by atoms with Gasteiger partial charge in [0.25, 0.3) is 23.6 Å². The van der Waals surface area contributed by atoms with Crippen LogP contribution in [-0.4, -0.2) is 33.4 Å². The molecule has 0 fully saturated rings. The van der Waals surface area contributed by atoms with E-state index in [4.69, 9.17) is 12.8 Å². The summed E-state index contributed by atoms with van der Waals surface area (Å²) in [6.45, 7) is 0. The van der Waals surface area contributed by atoms with Crippen molar-refractivity contribution < 1.29 is 19.2 Å². The minimum Gasteiger partial charge on any atom is -0.269 e. The van der Waals surface area contributed by atoms with Crippen LogP contribution in [0.25, 0.3) is 0 Å². The smallest absolute Gasteiger partial charge is 0.262 e. The Morgan fingerprint density at radius 1 is 0.500 bits per heavy atom. The van der Waals surface area contributed by atoms with E-state index in [0.717, 1.165) is 9.80 Å². The van der Waals surface area contributed by atoms with Gasteiger partial charge in [0, 0.05) is 0 Å². The lowest BCUT2D eigenvalue weighted by atomic mass is 10.00. The number of carbonyl (C=O) groups is 4. The maximum absolute atomic E-state index is 12.9. The molecule has 0 bridgehead atoms. The molecule has 2 heterocycles. The van der Waals surface area contributed by atoms with E-state index in [1.54, 1.807) is 72.8 Å². The van der Waals surface area contributed by atoms with Crippen LogP contribution in [0.3, 0.4) is 0 Å². The number of benzene rings is 3. The molecule has 34 heavy (non-hydrogen) atoms. The third-order valence-corrected chi connectivity index (χ3v) is 6.05. The Labute approximate surface area is 195 Å². The number of carbonyl (C=O) groups excluding carboxylic acids is 4. The summed E-state index contributed by atoms with van der Waals surface area (Å²) in [5.74, 6) is 3.22. The first-order valence-corrected chi connectivity index (χ1v) is 10.4. The van der Waals surface area contributed by atoms with E-state index in [1.807, 2.05) is 0 Å². The van der Waals surface area contributed by atoms with Crippen LogP contribution in [0.15, 0.2) is 72.8 Å². The van der Waals surface area contributed by atoms with Crippen molar-refractivity contribution in [1.82, 2.24) is 9.80 Å². The SMILES string of the molecule is C#CC(c1ccc(C(C#C)N2C(=O)c3ccccc3C2=O)cc1)N1C(=O)c2ccccc2C1=O. The molecule has 2 aliphatic heterocycles. The first-order chi connectivity index (χ1) is 16.5. The van der Waals surface area contributed by atoms with Crippen molar-refractivity contribution in [2.24, 2.45) is 0 Å². The standard InChI is InChI=1S/C28H16N2O4/c1-3-23(29-25(31)19-9-5-6-10-20(19)26(29)32)17-13-15-18(16-14-17)24(4-2)30-27(33)21-11-7-8-12-22(21)28(30)34/h1-2,5-16,23-24H. The molecule has 162 valence electrons. The molecule has 0 saturated carbocycles. The molecule has 2 unspecified atom stereocenters. The second kappa shape index (κ2) is 7.88. The molecular weight excluding hydrogens is 428 g/mol. The molecule has 4 amide bonds. The zero-order valence-electron chi connectivity index (χ0n) is 17.8. The Hall–Kier alpha value is -4.94. The highest BCUT2D eigenvalue weighted by Crippen LogP contribution is 2.34. The lowest BCUT2D eigenvalue weighted by Gasteiger charge is -2.24. The normalized spacial score (nSPS) is 16.1.